The second-order valence-corrected chi connectivity index (χ2v) is 7.93. The summed E-state index contributed by atoms with van der Waals surface area (Å²) in [6.07, 6.45) is 0. The van der Waals surface area contributed by atoms with Gasteiger partial charge in [0, 0.05) is 43.0 Å². The van der Waals surface area contributed by atoms with Gasteiger partial charge in [-0.1, -0.05) is 24.3 Å². The van der Waals surface area contributed by atoms with E-state index >= 15 is 0 Å². The van der Waals surface area contributed by atoms with Crippen molar-refractivity contribution in [2.75, 3.05) is 38.1 Å². The highest BCUT2D eigenvalue weighted by Gasteiger charge is 2.17. The first-order valence-electron chi connectivity index (χ1n) is 10.2. The number of anilines is 1. The standard InChI is InChI=1S/C24H24FN5/c1-16-4-3-5-19(25)22(16)20-10-11-21-24(26-20)23(28-27-21)17-6-8-18(9-7-17)30-14-12-29(2)13-15-30/h3-11H,12-15H2,1-2H3,(H,27,28). The fourth-order valence-corrected chi connectivity index (χ4v) is 4.09. The molecule has 0 amide bonds. The molecule has 2 aromatic heterocycles. The van der Waals surface area contributed by atoms with Crippen molar-refractivity contribution >= 4 is 16.7 Å². The number of pyridine rings is 1. The Morgan fingerprint density at radius 2 is 1.70 bits per heavy atom. The summed E-state index contributed by atoms with van der Waals surface area (Å²) >= 11 is 0. The molecule has 5 nitrogen and oxygen atoms in total. The number of halogens is 1. The summed E-state index contributed by atoms with van der Waals surface area (Å²) in [5, 5.41) is 7.55. The van der Waals surface area contributed by atoms with Gasteiger partial charge in [-0.3, -0.25) is 5.10 Å². The Kier molecular flexibility index (Phi) is 4.71. The van der Waals surface area contributed by atoms with E-state index < -0.39 is 0 Å². The molecule has 1 fully saturated rings. The van der Waals surface area contributed by atoms with Crippen molar-refractivity contribution in [3.8, 4) is 22.5 Å². The summed E-state index contributed by atoms with van der Waals surface area (Å²) in [6, 6.07) is 17.3. The van der Waals surface area contributed by atoms with E-state index in [4.69, 9.17) is 4.98 Å². The Morgan fingerprint density at radius 1 is 0.933 bits per heavy atom. The SMILES string of the molecule is Cc1cccc(F)c1-c1ccc2[nH]nc(-c3ccc(N4CCN(C)CC4)cc3)c2n1. The van der Waals surface area contributed by atoms with Crippen LogP contribution in [0.5, 0.6) is 0 Å². The zero-order valence-corrected chi connectivity index (χ0v) is 17.2. The molecule has 0 saturated carbocycles. The largest absolute Gasteiger partial charge is 0.369 e. The molecule has 1 aliphatic heterocycles. The number of aromatic nitrogens is 3. The van der Waals surface area contributed by atoms with Gasteiger partial charge < -0.3 is 9.80 Å². The van der Waals surface area contributed by atoms with Gasteiger partial charge in [0.15, 0.2) is 0 Å². The van der Waals surface area contributed by atoms with Crippen LogP contribution in [0.3, 0.4) is 0 Å². The molecule has 2 aromatic carbocycles. The number of benzene rings is 2. The Balaban J connectivity index is 1.50. The van der Waals surface area contributed by atoms with Crippen molar-refractivity contribution in [1.82, 2.24) is 20.1 Å². The van der Waals surface area contributed by atoms with Crippen LogP contribution in [0, 0.1) is 12.7 Å². The monoisotopic (exact) mass is 401 g/mol. The molecular weight excluding hydrogens is 377 g/mol. The zero-order chi connectivity index (χ0) is 20.7. The maximum atomic E-state index is 14.5. The van der Waals surface area contributed by atoms with Crippen LogP contribution in [0.2, 0.25) is 0 Å². The van der Waals surface area contributed by atoms with Crippen LogP contribution in [0.15, 0.2) is 54.6 Å². The van der Waals surface area contributed by atoms with Crippen molar-refractivity contribution in [2.24, 2.45) is 0 Å². The highest BCUT2D eigenvalue weighted by molar-refractivity contribution is 5.91. The molecule has 1 N–H and O–H groups in total. The lowest BCUT2D eigenvalue weighted by atomic mass is 10.0. The van der Waals surface area contributed by atoms with E-state index in [1.807, 2.05) is 25.1 Å². The molecule has 152 valence electrons. The van der Waals surface area contributed by atoms with Gasteiger partial charge in [0.2, 0.25) is 0 Å². The molecule has 0 unspecified atom stereocenters. The van der Waals surface area contributed by atoms with Crippen molar-refractivity contribution in [2.45, 2.75) is 6.92 Å². The Labute approximate surface area is 175 Å². The van der Waals surface area contributed by atoms with Gasteiger partial charge in [0.05, 0.1) is 11.2 Å². The number of aromatic amines is 1. The molecule has 0 aliphatic carbocycles. The second kappa shape index (κ2) is 7.54. The van der Waals surface area contributed by atoms with Gasteiger partial charge in [-0.15, -0.1) is 0 Å². The Hall–Kier alpha value is -3.25. The molecule has 0 spiro atoms. The lowest BCUT2D eigenvalue weighted by Crippen LogP contribution is -2.44. The zero-order valence-electron chi connectivity index (χ0n) is 17.2. The average Bonchev–Trinajstić information content (AvgIpc) is 3.18. The van der Waals surface area contributed by atoms with E-state index in [-0.39, 0.29) is 5.82 Å². The van der Waals surface area contributed by atoms with E-state index in [2.05, 4.69) is 51.3 Å². The summed E-state index contributed by atoms with van der Waals surface area (Å²) in [6.45, 7) is 6.13. The van der Waals surface area contributed by atoms with Gasteiger partial charge >= 0.3 is 0 Å². The third kappa shape index (κ3) is 3.33. The number of aryl methyl sites for hydroxylation is 1. The maximum Gasteiger partial charge on any atom is 0.132 e. The molecule has 6 heteroatoms. The quantitative estimate of drug-likeness (QED) is 0.549. The normalized spacial score (nSPS) is 15.1. The molecule has 5 rings (SSSR count). The smallest absolute Gasteiger partial charge is 0.132 e. The fraction of sp³-hybridized carbons (Fsp3) is 0.250. The van der Waals surface area contributed by atoms with Crippen LogP contribution >= 0.6 is 0 Å². The molecule has 30 heavy (non-hydrogen) atoms. The van der Waals surface area contributed by atoms with E-state index in [1.54, 1.807) is 6.07 Å². The molecule has 4 aromatic rings. The summed E-state index contributed by atoms with van der Waals surface area (Å²) in [5.41, 5.74) is 6.62. The molecule has 1 aliphatic rings. The molecular formula is C24H24FN5. The number of H-pyrrole nitrogens is 1. The summed E-state index contributed by atoms with van der Waals surface area (Å²) < 4.78 is 14.5. The number of rotatable bonds is 3. The number of piperazine rings is 1. The first-order valence-corrected chi connectivity index (χ1v) is 10.2. The maximum absolute atomic E-state index is 14.5. The summed E-state index contributed by atoms with van der Waals surface area (Å²) in [4.78, 5) is 9.53. The Morgan fingerprint density at radius 3 is 2.43 bits per heavy atom. The molecule has 0 atom stereocenters. The second-order valence-electron chi connectivity index (χ2n) is 7.93. The first kappa shape index (κ1) is 18.8. The van der Waals surface area contributed by atoms with Crippen molar-refractivity contribution in [3.63, 3.8) is 0 Å². The van der Waals surface area contributed by atoms with Crippen molar-refractivity contribution in [1.29, 1.82) is 0 Å². The predicted octanol–water partition coefficient (Wildman–Crippen LogP) is 4.49. The summed E-state index contributed by atoms with van der Waals surface area (Å²) in [5.74, 6) is -0.261. The van der Waals surface area contributed by atoms with Crippen LogP contribution in [0.25, 0.3) is 33.5 Å². The lowest BCUT2D eigenvalue weighted by molar-refractivity contribution is 0.313. The van der Waals surface area contributed by atoms with Crippen LogP contribution in [-0.2, 0) is 0 Å². The number of nitrogens with one attached hydrogen (secondary N) is 1. The van der Waals surface area contributed by atoms with E-state index in [0.29, 0.717) is 11.3 Å². The average molecular weight is 401 g/mol. The number of likely N-dealkylation sites (N-methyl/N-ethyl adjacent to an activating group) is 1. The van der Waals surface area contributed by atoms with Crippen LogP contribution in [0.1, 0.15) is 5.56 Å². The summed E-state index contributed by atoms with van der Waals surface area (Å²) in [7, 11) is 2.16. The minimum atomic E-state index is -0.261. The Bertz CT molecular complexity index is 1170. The van der Waals surface area contributed by atoms with Gasteiger partial charge in [0.1, 0.15) is 17.0 Å². The van der Waals surface area contributed by atoms with Gasteiger partial charge in [-0.2, -0.15) is 5.10 Å². The minimum absolute atomic E-state index is 0.261. The van der Waals surface area contributed by atoms with E-state index in [0.717, 1.165) is 54.0 Å². The van der Waals surface area contributed by atoms with Crippen molar-refractivity contribution < 1.29 is 4.39 Å². The van der Waals surface area contributed by atoms with Gasteiger partial charge in [0.25, 0.3) is 0 Å². The van der Waals surface area contributed by atoms with Gasteiger partial charge in [-0.05, 0) is 49.9 Å². The third-order valence-electron chi connectivity index (χ3n) is 5.89. The highest BCUT2D eigenvalue weighted by atomic mass is 19.1. The minimum Gasteiger partial charge on any atom is -0.369 e. The predicted molar refractivity (Wildman–Crippen MR) is 119 cm³/mol. The fourth-order valence-electron chi connectivity index (χ4n) is 4.09. The number of hydrogen-bond donors (Lipinski definition) is 1. The molecule has 3 heterocycles. The van der Waals surface area contributed by atoms with E-state index in [1.165, 1.54) is 11.8 Å². The topological polar surface area (TPSA) is 48.1 Å². The molecule has 0 bridgehead atoms. The highest BCUT2D eigenvalue weighted by Crippen LogP contribution is 2.31. The van der Waals surface area contributed by atoms with Crippen LogP contribution < -0.4 is 4.90 Å². The number of nitrogens with zero attached hydrogens (tertiary/aromatic N) is 4. The molecule has 1 saturated heterocycles. The van der Waals surface area contributed by atoms with Crippen molar-refractivity contribution in [3.05, 3.63) is 66.0 Å². The van der Waals surface area contributed by atoms with Crippen LogP contribution in [-0.4, -0.2) is 53.3 Å². The number of hydrogen-bond acceptors (Lipinski definition) is 4. The first-order chi connectivity index (χ1) is 14.6. The molecule has 0 radical (unpaired) electrons. The van der Waals surface area contributed by atoms with Gasteiger partial charge in [-0.25, -0.2) is 9.37 Å². The van der Waals surface area contributed by atoms with Crippen LogP contribution in [0.4, 0.5) is 10.1 Å². The lowest BCUT2D eigenvalue weighted by Gasteiger charge is -2.34. The third-order valence-corrected chi connectivity index (χ3v) is 5.89. The number of fused-ring (bicyclic) bond motifs is 1. The van der Waals surface area contributed by atoms with E-state index in [9.17, 15) is 4.39 Å².